The summed E-state index contributed by atoms with van der Waals surface area (Å²) < 4.78 is 25.3. The maximum absolute atomic E-state index is 11.5. The van der Waals surface area contributed by atoms with Crippen LogP contribution in [0.15, 0.2) is 40.2 Å². The Kier molecular flexibility index (Phi) is 2.53. The van der Waals surface area contributed by atoms with Gasteiger partial charge in [-0.3, -0.25) is 4.79 Å². The molecule has 0 aliphatic heterocycles. The molecule has 0 aliphatic carbocycles. The Hall–Kier alpha value is -1.66. The van der Waals surface area contributed by atoms with Gasteiger partial charge in [-0.1, -0.05) is 6.07 Å². The van der Waals surface area contributed by atoms with Gasteiger partial charge >= 0.3 is 0 Å². The molecule has 5 nitrogen and oxygen atoms in total. The third-order valence-electron chi connectivity index (χ3n) is 2.33. The molecule has 6 heteroatoms. The molecule has 0 bridgehead atoms. The summed E-state index contributed by atoms with van der Waals surface area (Å²) in [5.41, 5.74) is -0.300. The highest BCUT2D eigenvalue weighted by atomic mass is 32.2. The number of nitrogens with one attached hydrogen (secondary N) is 2. The average molecular weight is 238 g/mol. The summed E-state index contributed by atoms with van der Waals surface area (Å²) in [6, 6.07) is 6.15. The summed E-state index contributed by atoms with van der Waals surface area (Å²) in [7, 11) is -2.18. The molecule has 0 atom stereocenters. The molecule has 2 rings (SSSR count). The predicted molar refractivity (Wildman–Crippen MR) is 60.8 cm³/mol. The number of aromatic nitrogens is 1. The van der Waals surface area contributed by atoms with E-state index in [1.54, 1.807) is 12.1 Å². The number of pyridine rings is 1. The SMILES string of the molecule is CNS(=O)(=O)c1ccc2cc[nH]c(=O)c2c1. The van der Waals surface area contributed by atoms with Crippen LogP contribution in [0.4, 0.5) is 0 Å². The number of hydrogen-bond donors (Lipinski definition) is 2. The zero-order chi connectivity index (χ0) is 11.8. The van der Waals surface area contributed by atoms with Gasteiger partial charge in [0.1, 0.15) is 0 Å². The molecule has 84 valence electrons. The van der Waals surface area contributed by atoms with Crippen molar-refractivity contribution in [2.75, 3.05) is 7.05 Å². The molecule has 1 aromatic carbocycles. The lowest BCUT2D eigenvalue weighted by Crippen LogP contribution is -2.19. The minimum absolute atomic E-state index is 0.0826. The monoisotopic (exact) mass is 238 g/mol. The van der Waals surface area contributed by atoms with Crippen molar-refractivity contribution in [1.82, 2.24) is 9.71 Å². The third kappa shape index (κ3) is 1.72. The topological polar surface area (TPSA) is 79.0 Å². The van der Waals surface area contributed by atoms with E-state index in [0.29, 0.717) is 10.8 Å². The van der Waals surface area contributed by atoms with E-state index in [1.807, 2.05) is 0 Å². The average Bonchev–Trinajstić information content (AvgIpc) is 2.29. The van der Waals surface area contributed by atoms with Crippen LogP contribution in [-0.2, 0) is 10.0 Å². The molecule has 0 aliphatic rings. The van der Waals surface area contributed by atoms with E-state index in [4.69, 9.17) is 0 Å². The quantitative estimate of drug-likeness (QED) is 0.796. The first-order chi connectivity index (χ1) is 7.54. The highest BCUT2D eigenvalue weighted by molar-refractivity contribution is 7.89. The number of benzene rings is 1. The van der Waals surface area contributed by atoms with E-state index in [-0.39, 0.29) is 10.5 Å². The molecule has 16 heavy (non-hydrogen) atoms. The molecule has 0 unspecified atom stereocenters. The van der Waals surface area contributed by atoms with E-state index >= 15 is 0 Å². The lowest BCUT2D eigenvalue weighted by molar-refractivity contribution is 0.588. The highest BCUT2D eigenvalue weighted by Crippen LogP contribution is 2.15. The highest BCUT2D eigenvalue weighted by Gasteiger charge is 2.12. The first-order valence-corrected chi connectivity index (χ1v) is 6.08. The molecule has 1 aromatic heterocycles. The van der Waals surface area contributed by atoms with E-state index in [9.17, 15) is 13.2 Å². The maximum atomic E-state index is 11.5. The first-order valence-electron chi connectivity index (χ1n) is 4.59. The molecule has 0 radical (unpaired) electrons. The van der Waals surface area contributed by atoms with Crippen LogP contribution in [0.3, 0.4) is 0 Å². The van der Waals surface area contributed by atoms with Gasteiger partial charge in [-0.15, -0.1) is 0 Å². The second kappa shape index (κ2) is 3.73. The van der Waals surface area contributed by atoms with Gasteiger partial charge in [-0.05, 0) is 30.6 Å². The minimum Gasteiger partial charge on any atom is -0.329 e. The Morgan fingerprint density at radius 1 is 1.25 bits per heavy atom. The van der Waals surface area contributed by atoms with Crippen molar-refractivity contribution in [3.05, 3.63) is 40.8 Å². The van der Waals surface area contributed by atoms with Crippen molar-refractivity contribution in [2.45, 2.75) is 4.90 Å². The van der Waals surface area contributed by atoms with Crippen molar-refractivity contribution in [3.8, 4) is 0 Å². The zero-order valence-corrected chi connectivity index (χ0v) is 9.34. The zero-order valence-electron chi connectivity index (χ0n) is 8.52. The molecule has 0 spiro atoms. The number of sulfonamides is 1. The van der Waals surface area contributed by atoms with Crippen molar-refractivity contribution in [1.29, 1.82) is 0 Å². The van der Waals surface area contributed by atoms with E-state index in [1.165, 1.54) is 25.4 Å². The summed E-state index contributed by atoms with van der Waals surface area (Å²) >= 11 is 0. The summed E-state index contributed by atoms with van der Waals surface area (Å²) in [6.45, 7) is 0. The Morgan fingerprint density at radius 2 is 2.00 bits per heavy atom. The normalized spacial score (nSPS) is 11.8. The van der Waals surface area contributed by atoms with Crippen LogP contribution in [0.2, 0.25) is 0 Å². The number of hydrogen-bond acceptors (Lipinski definition) is 3. The van der Waals surface area contributed by atoms with Crippen LogP contribution in [0.1, 0.15) is 0 Å². The summed E-state index contributed by atoms with van der Waals surface area (Å²) in [4.78, 5) is 14.1. The van der Waals surface area contributed by atoms with E-state index < -0.39 is 10.0 Å². The molecule has 2 aromatic rings. The van der Waals surface area contributed by atoms with Gasteiger partial charge in [0, 0.05) is 11.6 Å². The fourth-order valence-electron chi connectivity index (χ4n) is 1.45. The van der Waals surface area contributed by atoms with Crippen molar-refractivity contribution < 1.29 is 8.42 Å². The minimum atomic E-state index is -3.51. The van der Waals surface area contributed by atoms with Gasteiger partial charge in [0.2, 0.25) is 10.0 Å². The molecule has 1 heterocycles. The lowest BCUT2D eigenvalue weighted by atomic mass is 10.2. The number of aromatic amines is 1. The van der Waals surface area contributed by atoms with Gasteiger partial charge in [0.05, 0.1) is 4.90 Å². The molecular weight excluding hydrogens is 228 g/mol. The molecule has 0 saturated carbocycles. The lowest BCUT2D eigenvalue weighted by Gasteiger charge is -2.03. The van der Waals surface area contributed by atoms with Crippen LogP contribution in [0.5, 0.6) is 0 Å². The Bertz CT molecular complexity index is 689. The fourth-order valence-corrected chi connectivity index (χ4v) is 2.20. The second-order valence-electron chi connectivity index (χ2n) is 3.26. The largest absolute Gasteiger partial charge is 0.329 e. The van der Waals surface area contributed by atoms with E-state index in [2.05, 4.69) is 9.71 Å². The number of rotatable bonds is 2. The van der Waals surface area contributed by atoms with Gasteiger partial charge in [-0.25, -0.2) is 13.1 Å². The molecule has 0 saturated heterocycles. The molecule has 2 N–H and O–H groups in total. The summed E-state index contributed by atoms with van der Waals surface area (Å²) in [5.74, 6) is 0. The third-order valence-corrected chi connectivity index (χ3v) is 3.74. The first kappa shape index (κ1) is 10.8. The van der Waals surface area contributed by atoms with Gasteiger partial charge in [0.15, 0.2) is 0 Å². The van der Waals surface area contributed by atoms with Gasteiger partial charge in [-0.2, -0.15) is 0 Å². The Labute approximate surface area is 92.2 Å². The number of H-pyrrole nitrogens is 1. The van der Waals surface area contributed by atoms with Crippen LogP contribution >= 0.6 is 0 Å². The Morgan fingerprint density at radius 3 is 2.69 bits per heavy atom. The van der Waals surface area contributed by atoms with Gasteiger partial charge in [0.25, 0.3) is 5.56 Å². The maximum Gasteiger partial charge on any atom is 0.255 e. The van der Waals surface area contributed by atoms with Crippen molar-refractivity contribution in [2.24, 2.45) is 0 Å². The fraction of sp³-hybridized carbons (Fsp3) is 0.100. The molecule has 0 amide bonds. The smallest absolute Gasteiger partial charge is 0.255 e. The van der Waals surface area contributed by atoms with Crippen LogP contribution < -0.4 is 10.3 Å². The van der Waals surface area contributed by atoms with Crippen LogP contribution in [0.25, 0.3) is 10.8 Å². The summed E-state index contributed by atoms with van der Waals surface area (Å²) in [5, 5.41) is 1.07. The van der Waals surface area contributed by atoms with Crippen molar-refractivity contribution >= 4 is 20.8 Å². The summed E-state index contributed by atoms with van der Waals surface area (Å²) in [6.07, 6.45) is 1.52. The number of fused-ring (bicyclic) bond motifs is 1. The van der Waals surface area contributed by atoms with Crippen molar-refractivity contribution in [3.63, 3.8) is 0 Å². The van der Waals surface area contributed by atoms with E-state index in [0.717, 1.165) is 0 Å². The van der Waals surface area contributed by atoms with Gasteiger partial charge < -0.3 is 4.98 Å². The standard InChI is InChI=1S/C10H10N2O3S/c1-11-16(14,15)8-3-2-7-4-5-12-10(13)9(7)6-8/h2-6,11H,1H3,(H,12,13). The van der Waals surface area contributed by atoms with Crippen LogP contribution in [-0.4, -0.2) is 20.4 Å². The Balaban J connectivity index is 2.79. The molecule has 0 fully saturated rings. The second-order valence-corrected chi connectivity index (χ2v) is 5.15. The molecular formula is C10H10N2O3S. The predicted octanol–water partition coefficient (Wildman–Crippen LogP) is 0.436. The van der Waals surface area contributed by atoms with Crippen LogP contribution in [0, 0.1) is 0 Å².